The van der Waals surface area contributed by atoms with Crippen molar-refractivity contribution in [3.63, 3.8) is 0 Å². The molecule has 0 aliphatic rings. The third kappa shape index (κ3) is 4.32. The number of hydrogen-bond donors (Lipinski definition) is 1. The van der Waals surface area contributed by atoms with Crippen molar-refractivity contribution in [2.45, 2.75) is 11.3 Å². The van der Waals surface area contributed by atoms with Gasteiger partial charge in [-0.1, -0.05) is 12.1 Å². The zero-order chi connectivity index (χ0) is 12.2. The average Bonchev–Trinajstić information content (AvgIpc) is 2.16. The van der Waals surface area contributed by atoms with Gasteiger partial charge in [-0.25, -0.2) is 8.42 Å². The molecule has 2 N–H and O–H groups in total. The number of nitrogens with two attached hydrogens (primary N) is 1. The van der Waals surface area contributed by atoms with E-state index in [4.69, 9.17) is 5.73 Å². The lowest BCUT2D eigenvalue weighted by molar-refractivity contribution is 0.600. The summed E-state index contributed by atoms with van der Waals surface area (Å²) in [5.74, 6) is 0.382. The Morgan fingerprint density at radius 1 is 1.31 bits per heavy atom. The molecule has 0 spiro atoms. The molecule has 16 heavy (non-hydrogen) atoms. The lowest BCUT2D eigenvalue weighted by Gasteiger charge is -2.04. The maximum atomic E-state index is 11.8. The summed E-state index contributed by atoms with van der Waals surface area (Å²) in [7, 11) is -4.20. The van der Waals surface area contributed by atoms with Crippen LogP contribution in [0.4, 0.5) is 5.69 Å². The second-order valence-corrected chi connectivity index (χ2v) is 7.37. The standard InChI is InChI=1S/C10H15NO3S2/c1-16(13,14)8-4-7-15(12)10-6-3-2-5-9(10)11/h2-3,5-6H,4,7-8,11H2,1H3. The van der Waals surface area contributed by atoms with Crippen molar-refractivity contribution in [3.8, 4) is 0 Å². The van der Waals surface area contributed by atoms with Crippen molar-refractivity contribution in [1.82, 2.24) is 0 Å². The van der Waals surface area contributed by atoms with Gasteiger partial charge in [-0.15, -0.1) is 0 Å². The number of rotatable bonds is 5. The Labute approximate surface area is 98.2 Å². The molecule has 0 bridgehead atoms. The highest BCUT2D eigenvalue weighted by Crippen LogP contribution is 2.16. The second kappa shape index (κ2) is 5.45. The maximum absolute atomic E-state index is 11.8. The van der Waals surface area contributed by atoms with E-state index in [1.165, 1.54) is 6.26 Å². The second-order valence-electron chi connectivity index (χ2n) is 3.57. The first kappa shape index (κ1) is 13.2. The van der Waals surface area contributed by atoms with Crippen LogP contribution in [0.25, 0.3) is 0 Å². The van der Waals surface area contributed by atoms with E-state index in [-0.39, 0.29) is 5.75 Å². The van der Waals surface area contributed by atoms with Crippen LogP contribution in [0.3, 0.4) is 0 Å². The van der Waals surface area contributed by atoms with Crippen LogP contribution in [0, 0.1) is 0 Å². The normalized spacial score (nSPS) is 13.6. The quantitative estimate of drug-likeness (QED) is 0.796. The van der Waals surface area contributed by atoms with Crippen molar-refractivity contribution in [1.29, 1.82) is 0 Å². The zero-order valence-corrected chi connectivity index (χ0v) is 10.7. The number of para-hydroxylation sites is 1. The SMILES string of the molecule is CS(=O)(=O)CCCS(=O)c1ccccc1N. The van der Waals surface area contributed by atoms with Crippen LogP contribution in [0.5, 0.6) is 0 Å². The summed E-state index contributed by atoms with van der Waals surface area (Å²) in [6.45, 7) is 0. The Morgan fingerprint density at radius 3 is 2.50 bits per heavy atom. The highest BCUT2D eigenvalue weighted by atomic mass is 32.2. The fourth-order valence-electron chi connectivity index (χ4n) is 1.25. The lowest BCUT2D eigenvalue weighted by Crippen LogP contribution is -2.08. The molecule has 1 unspecified atom stereocenters. The minimum absolute atomic E-state index is 0.0610. The van der Waals surface area contributed by atoms with Crippen molar-refractivity contribution >= 4 is 26.3 Å². The Hall–Kier alpha value is -0.880. The third-order valence-corrected chi connectivity index (χ3v) is 4.56. The minimum Gasteiger partial charge on any atom is -0.398 e. The van der Waals surface area contributed by atoms with Crippen LogP contribution < -0.4 is 5.73 Å². The Morgan fingerprint density at radius 2 is 1.94 bits per heavy atom. The van der Waals surface area contributed by atoms with Crippen LogP contribution in [-0.4, -0.2) is 30.4 Å². The van der Waals surface area contributed by atoms with Crippen LogP contribution in [-0.2, 0) is 20.6 Å². The monoisotopic (exact) mass is 261 g/mol. The molecule has 0 radical (unpaired) electrons. The Balaban J connectivity index is 2.57. The van der Waals surface area contributed by atoms with Gasteiger partial charge in [0.15, 0.2) is 0 Å². The summed E-state index contributed by atoms with van der Waals surface area (Å²) < 4.78 is 33.6. The average molecular weight is 261 g/mol. The van der Waals surface area contributed by atoms with Crippen molar-refractivity contribution in [2.75, 3.05) is 23.5 Å². The third-order valence-electron chi connectivity index (χ3n) is 2.01. The highest BCUT2D eigenvalue weighted by Gasteiger charge is 2.09. The Bertz CT molecular complexity index is 483. The Kier molecular flexibility index (Phi) is 4.49. The summed E-state index contributed by atoms with van der Waals surface area (Å²) in [5, 5.41) is 0. The van der Waals surface area contributed by atoms with Gasteiger partial charge in [-0.05, 0) is 18.6 Å². The van der Waals surface area contributed by atoms with Gasteiger partial charge >= 0.3 is 0 Å². The van der Waals surface area contributed by atoms with Gasteiger partial charge in [-0.2, -0.15) is 0 Å². The van der Waals surface area contributed by atoms with Crippen molar-refractivity contribution < 1.29 is 12.6 Å². The molecule has 0 saturated carbocycles. The number of nitrogen functional groups attached to an aromatic ring is 1. The largest absolute Gasteiger partial charge is 0.398 e. The van der Waals surface area contributed by atoms with E-state index < -0.39 is 20.6 Å². The van der Waals surface area contributed by atoms with Gasteiger partial charge in [0.25, 0.3) is 0 Å². The first-order valence-corrected chi connectivity index (χ1v) is 8.19. The van der Waals surface area contributed by atoms with Gasteiger partial charge < -0.3 is 5.73 Å². The van der Waals surface area contributed by atoms with Gasteiger partial charge in [0.1, 0.15) is 9.84 Å². The van der Waals surface area contributed by atoms with Gasteiger partial charge in [0.05, 0.1) is 21.4 Å². The predicted octanol–water partition coefficient (Wildman–Crippen LogP) is 0.811. The number of sulfone groups is 1. The van der Waals surface area contributed by atoms with E-state index in [1.54, 1.807) is 24.3 Å². The van der Waals surface area contributed by atoms with Crippen LogP contribution in [0.2, 0.25) is 0 Å². The lowest BCUT2D eigenvalue weighted by atomic mass is 10.3. The van der Waals surface area contributed by atoms with E-state index >= 15 is 0 Å². The summed E-state index contributed by atoms with van der Waals surface area (Å²) >= 11 is 0. The summed E-state index contributed by atoms with van der Waals surface area (Å²) in [4.78, 5) is 0.580. The molecule has 1 aromatic carbocycles. The maximum Gasteiger partial charge on any atom is 0.147 e. The van der Waals surface area contributed by atoms with Gasteiger partial charge in [0.2, 0.25) is 0 Å². The smallest absolute Gasteiger partial charge is 0.147 e. The molecule has 0 aliphatic carbocycles. The number of benzene rings is 1. The fourth-order valence-corrected chi connectivity index (χ4v) is 3.29. The van der Waals surface area contributed by atoms with Crippen LogP contribution in [0.1, 0.15) is 6.42 Å². The molecular weight excluding hydrogens is 246 g/mol. The van der Waals surface area contributed by atoms with E-state index in [1.807, 2.05) is 0 Å². The molecule has 90 valence electrons. The molecule has 0 aromatic heterocycles. The predicted molar refractivity (Wildman–Crippen MR) is 66.5 cm³/mol. The molecule has 0 amide bonds. The van der Waals surface area contributed by atoms with Gasteiger partial charge in [-0.3, -0.25) is 4.21 Å². The minimum atomic E-state index is -2.98. The summed E-state index contributed by atoms with van der Waals surface area (Å²) in [6, 6.07) is 6.92. The fraction of sp³-hybridized carbons (Fsp3) is 0.400. The van der Waals surface area contributed by atoms with Crippen LogP contribution >= 0.6 is 0 Å². The molecule has 0 aliphatic heterocycles. The highest BCUT2D eigenvalue weighted by molar-refractivity contribution is 7.90. The van der Waals surface area contributed by atoms with E-state index in [9.17, 15) is 12.6 Å². The summed E-state index contributed by atoms with van der Waals surface area (Å²) in [6.07, 6.45) is 1.56. The topological polar surface area (TPSA) is 77.2 Å². The first-order valence-electron chi connectivity index (χ1n) is 4.81. The van der Waals surface area contributed by atoms with Crippen molar-refractivity contribution in [3.05, 3.63) is 24.3 Å². The zero-order valence-electron chi connectivity index (χ0n) is 9.05. The molecule has 0 fully saturated rings. The van der Waals surface area contributed by atoms with E-state index in [0.29, 0.717) is 22.8 Å². The molecule has 1 aromatic rings. The molecule has 4 nitrogen and oxygen atoms in total. The number of anilines is 1. The van der Waals surface area contributed by atoms with Crippen molar-refractivity contribution in [2.24, 2.45) is 0 Å². The molecule has 6 heteroatoms. The van der Waals surface area contributed by atoms with E-state index in [2.05, 4.69) is 0 Å². The molecule has 1 atom stereocenters. The molecule has 1 rings (SSSR count). The summed E-state index contributed by atoms with van der Waals surface area (Å²) in [5.41, 5.74) is 6.15. The molecule has 0 saturated heterocycles. The van der Waals surface area contributed by atoms with Gasteiger partial charge in [0, 0.05) is 17.7 Å². The first-order chi connectivity index (χ1) is 7.40. The van der Waals surface area contributed by atoms with Crippen LogP contribution in [0.15, 0.2) is 29.2 Å². The number of hydrogen-bond acceptors (Lipinski definition) is 4. The van der Waals surface area contributed by atoms with E-state index in [0.717, 1.165) is 0 Å². The molecular formula is C10H15NO3S2. The molecule has 0 heterocycles.